The second kappa shape index (κ2) is 8.45. The van der Waals surface area contributed by atoms with Crippen molar-refractivity contribution < 1.29 is 18.0 Å². The van der Waals surface area contributed by atoms with Crippen LogP contribution in [0.5, 0.6) is 0 Å². The molecule has 0 fully saturated rings. The Labute approximate surface area is 141 Å². The summed E-state index contributed by atoms with van der Waals surface area (Å²) in [5, 5.41) is 2.55. The van der Waals surface area contributed by atoms with Crippen LogP contribution in [0.25, 0.3) is 16.6 Å². The highest BCUT2D eigenvalue weighted by Crippen LogP contribution is 2.29. The van der Waals surface area contributed by atoms with E-state index in [9.17, 15) is 18.0 Å². The maximum Gasteiger partial charge on any atom is 0.398 e. The Hall–Kier alpha value is -2.40. The molecule has 1 aromatic heterocycles. The summed E-state index contributed by atoms with van der Waals surface area (Å²) in [6.45, 7) is 3.17. The number of benzene rings is 1. The van der Waals surface area contributed by atoms with Gasteiger partial charge in [0.05, 0.1) is 16.8 Å². The van der Waals surface area contributed by atoms with Crippen LogP contribution in [-0.4, -0.2) is 27.8 Å². The van der Waals surface area contributed by atoms with Gasteiger partial charge in [0, 0.05) is 23.6 Å². The molecule has 0 aliphatic rings. The molecule has 0 spiro atoms. The lowest BCUT2D eigenvalue weighted by atomic mass is 10.3. The van der Waals surface area contributed by atoms with Crippen LogP contribution in [0, 0.1) is 12.8 Å². The first-order valence-corrected chi connectivity index (χ1v) is 7.70. The smallest absolute Gasteiger partial charge is 0.338 e. The van der Waals surface area contributed by atoms with Gasteiger partial charge in [-0.3, -0.25) is 4.79 Å². The highest BCUT2D eigenvalue weighted by atomic mass is 32.2. The number of H-pyrrole nitrogens is 1. The van der Waals surface area contributed by atoms with Gasteiger partial charge in [-0.1, -0.05) is 0 Å². The van der Waals surface area contributed by atoms with E-state index in [4.69, 9.17) is 0 Å². The van der Waals surface area contributed by atoms with Crippen molar-refractivity contribution in [3.05, 3.63) is 30.2 Å². The Morgan fingerprint density at radius 3 is 2.62 bits per heavy atom. The van der Waals surface area contributed by atoms with E-state index in [-0.39, 0.29) is 5.91 Å². The molecule has 4 nitrogen and oxygen atoms in total. The maximum atomic E-state index is 12.2. The fourth-order valence-electron chi connectivity index (χ4n) is 1.71. The standard InChI is InChI=1S/C14H14F3N3OS.C2H2/c1-8(6-18-9(2)21)13-19-11-4-3-10(5-12(11)20-13)22-7-14(15,16)17;1-2/h3-6H,7H2,1-2H3,(H,18,21)(H,19,20);1-2H/b8-6+;. The maximum absolute atomic E-state index is 12.2. The number of aromatic nitrogens is 2. The monoisotopic (exact) mass is 355 g/mol. The van der Waals surface area contributed by atoms with Crippen LogP contribution in [0.2, 0.25) is 0 Å². The highest BCUT2D eigenvalue weighted by Gasteiger charge is 2.27. The summed E-state index contributed by atoms with van der Waals surface area (Å²) in [5.41, 5.74) is 2.02. The van der Waals surface area contributed by atoms with Gasteiger partial charge < -0.3 is 10.3 Å². The summed E-state index contributed by atoms with van der Waals surface area (Å²) in [6, 6.07) is 4.91. The van der Waals surface area contributed by atoms with Crippen molar-refractivity contribution in [2.24, 2.45) is 0 Å². The van der Waals surface area contributed by atoms with Crippen molar-refractivity contribution in [2.45, 2.75) is 24.9 Å². The summed E-state index contributed by atoms with van der Waals surface area (Å²) < 4.78 is 36.7. The number of rotatable bonds is 4. The number of nitrogens with one attached hydrogen (secondary N) is 2. The fourth-order valence-corrected chi connectivity index (χ4v) is 2.40. The number of amides is 1. The third kappa shape index (κ3) is 6.01. The first-order valence-electron chi connectivity index (χ1n) is 6.71. The Bertz CT molecular complexity index is 763. The highest BCUT2D eigenvalue weighted by molar-refractivity contribution is 7.99. The number of hydrogen-bond donors (Lipinski definition) is 2. The van der Waals surface area contributed by atoms with E-state index in [1.54, 1.807) is 25.1 Å². The first-order chi connectivity index (χ1) is 11.2. The van der Waals surface area contributed by atoms with Crippen LogP contribution in [0.4, 0.5) is 13.2 Å². The van der Waals surface area contributed by atoms with Crippen LogP contribution in [0.15, 0.2) is 29.3 Å². The summed E-state index contributed by atoms with van der Waals surface area (Å²) in [4.78, 5) is 18.8. The van der Waals surface area contributed by atoms with E-state index < -0.39 is 11.9 Å². The number of terminal acetylenes is 1. The molecule has 1 amide bonds. The summed E-state index contributed by atoms with van der Waals surface area (Å²) in [6.07, 6.45) is 5.33. The Morgan fingerprint density at radius 1 is 1.38 bits per heavy atom. The van der Waals surface area contributed by atoms with Crippen LogP contribution in [0.3, 0.4) is 0 Å². The van der Waals surface area contributed by atoms with Gasteiger partial charge in [-0.2, -0.15) is 13.2 Å². The van der Waals surface area contributed by atoms with Gasteiger partial charge in [-0.05, 0) is 25.1 Å². The molecule has 0 aliphatic heterocycles. The van der Waals surface area contributed by atoms with Gasteiger partial charge >= 0.3 is 6.18 Å². The molecule has 0 saturated heterocycles. The number of carbonyl (C=O) groups excluding carboxylic acids is 1. The van der Waals surface area contributed by atoms with E-state index in [0.717, 1.165) is 17.3 Å². The quantitative estimate of drug-likeness (QED) is 0.645. The van der Waals surface area contributed by atoms with E-state index >= 15 is 0 Å². The van der Waals surface area contributed by atoms with E-state index in [2.05, 4.69) is 28.1 Å². The Balaban J connectivity index is 0.00000139. The molecule has 1 heterocycles. The molecular formula is C16H16F3N3OS. The first kappa shape index (κ1) is 19.6. The molecule has 0 saturated carbocycles. The number of thioether (sulfide) groups is 1. The normalized spacial score (nSPS) is 11.7. The second-order valence-corrected chi connectivity index (χ2v) is 5.74. The predicted molar refractivity (Wildman–Crippen MR) is 90.2 cm³/mol. The summed E-state index contributed by atoms with van der Waals surface area (Å²) in [7, 11) is 0. The molecular weight excluding hydrogens is 339 g/mol. The molecule has 0 bridgehead atoms. The van der Waals surface area contributed by atoms with Gasteiger partial charge in [-0.15, -0.1) is 24.6 Å². The summed E-state index contributed by atoms with van der Waals surface area (Å²) in [5.74, 6) is -0.566. The van der Waals surface area contributed by atoms with Crippen LogP contribution in [0.1, 0.15) is 19.7 Å². The lowest BCUT2D eigenvalue weighted by Gasteiger charge is -2.05. The zero-order valence-corrected chi connectivity index (χ0v) is 13.9. The second-order valence-electron chi connectivity index (χ2n) is 4.70. The van der Waals surface area contributed by atoms with Gasteiger partial charge in [0.15, 0.2) is 0 Å². The SMILES string of the molecule is C#C.CC(=O)N/C=C(\C)c1nc2ccc(SCC(F)(F)F)cc2[nH]1. The number of carbonyl (C=O) groups is 1. The van der Waals surface area contributed by atoms with Gasteiger partial charge in [0.2, 0.25) is 5.91 Å². The van der Waals surface area contributed by atoms with Crippen molar-refractivity contribution in [2.75, 3.05) is 5.75 Å². The van der Waals surface area contributed by atoms with Crippen molar-refractivity contribution in [3.63, 3.8) is 0 Å². The number of halogens is 3. The minimum atomic E-state index is -4.20. The fraction of sp³-hybridized carbons (Fsp3) is 0.250. The van der Waals surface area contributed by atoms with Crippen LogP contribution >= 0.6 is 11.8 Å². The third-order valence-electron chi connectivity index (χ3n) is 2.72. The zero-order chi connectivity index (χ0) is 18.3. The summed E-state index contributed by atoms with van der Waals surface area (Å²) >= 11 is 0.730. The van der Waals surface area contributed by atoms with Gasteiger partial charge in [0.1, 0.15) is 5.82 Å². The average Bonchev–Trinajstić information content (AvgIpc) is 2.95. The van der Waals surface area contributed by atoms with Crippen LogP contribution in [-0.2, 0) is 4.79 Å². The largest absolute Gasteiger partial charge is 0.398 e. The number of hydrogen-bond acceptors (Lipinski definition) is 3. The van der Waals surface area contributed by atoms with Gasteiger partial charge in [0.25, 0.3) is 0 Å². The topological polar surface area (TPSA) is 57.8 Å². The Kier molecular flexibility index (Phi) is 6.92. The van der Waals surface area contributed by atoms with E-state index in [1.807, 2.05) is 0 Å². The molecule has 0 aliphatic carbocycles. The minimum absolute atomic E-state index is 0.193. The molecule has 2 N–H and O–H groups in total. The molecule has 8 heteroatoms. The lowest BCUT2D eigenvalue weighted by Crippen LogP contribution is -2.12. The van der Waals surface area contributed by atoms with Crippen molar-refractivity contribution in [3.8, 4) is 12.8 Å². The predicted octanol–water partition coefficient (Wildman–Crippen LogP) is 3.96. The molecule has 1 aromatic carbocycles. The van der Waals surface area contributed by atoms with E-state index in [1.165, 1.54) is 13.1 Å². The zero-order valence-electron chi connectivity index (χ0n) is 13.1. The third-order valence-corrected chi connectivity index (χ3v) is 3.78. The number of allylic oxidation sites excluding steroid dienone is 1. The number of nitrogens with zero attached hydrogens (tertiary/aromatic N) is 1. The molecule has 0 unspecified atom stereocenters. The van der Waals surface area contributed by atoms with Crippen LogP contribution < -0.4 is 5.32 Å². The lowest BCUT2D eigenvalue weighted by molar-refractivity contribution is -0.118. The van der Waals surface area contributed by atoms with Crippen molar-refractivity contribution in [1.29, 1.82) is 0 Å². The Morgan fingerprint density at radius 2 is 2.04 bits per heavy atom. The number of alkyl halides is 3. The van der Waals surface area contributed by atoms with Crippen molar-refractivity contribution >= 4 is 34.3 Å². The van der Waals surface area contributed by atoms with Crippen molar-refractivity contribution in [1.82, 2.24) is 15.3 Å². The van der Waals surface area contributed by atoms with Gasteiger partial charge in [-0.25, -0.2) is 4.98 Å². The molecule has 2 rings (SSSR count). The molecule has 24 heavy (non-hydrogen) atoms. The van der Waals surface area contributed by atoms with E-state index in [0.29, 0.717) is 21.8 Å². The molecule has 0 atom stereocenters. The number of fused-ring (bicyclic) bond motifs is 1. The molecule has 128 valence electrons. The molecule has 2 aromatic rings. The number of imidazole rings is 1. The minimum Gasteiger partial charge on any atom is -0.338 e. The average molecular weight is 355 g/mol. The number of aromatic amines is 1. The molecule has 0 radical (unpaired) electrons.